The fourth-order valence-electron chi connectivity index (χ4n) is 4.41. The molecule has 162 valence electrons. The molecule has 1 aliphatic heterocycles. The van der Waals surface area contributed by atoms with Crippen LogP contribution in [0, 0.1) is 6.92 Å². The van der Waals surface area contributed by atoms with Gasteiger partial charge in [-0.25, -0.2) is 9.36 Å². The Bertz CT molecular complexity index is 1500. The van der Waals surface area contributed by atoms with Crippen LogP contribution >= 0.6 is 22.9 Å². The average Bonchev–Trinajstić information content (AvgIpc) is 3.30. The molecule has 2 aromatic heterocycles. The molecule has 1 atom stereocenters. The first-order valence-corrected chi connectivity index (χ1v) is 11.5. The summed E-state index contributed by atoms with van der Waals surface area (Å²) in [4.78, 5) is 43.3. The van der Waals surface area contributed by atoms with Crippen LogP contribution in [0.4, 0.5) is 5.69 Å². The zero-order chi connectivity index (χ0) is 22.6. The molecule has 8 heteroatoms. The van der Waals surface area contributed by atoms with Gasteiger partial charge in [-0.2, -0.15) is 0 Å². The number of amides is 1. The first kappa shape index (κ1) is 20.7. The van der Waals surface area contributed by atoms with Gasteiger partial charge in [0.2, 0.25) is 5.91 Å². The number of para-hydroxylation sites is 1. The van der Waals surface area contributed by atoms with Gasteiger partial charge in [-0.05, 0) is 56.2 Å². The van der Waals surface area contributed by atoms with E-state index in [0.29, 0.717) is 20.9 Å². The zero-order valence-electron chi connectivity index (χ0n) is 17.5. The Kier molecular flexibility index (Phi) is 5.03. The van der Waals surface area contributed by atoms with Crippen LogP contribution in [0.25, 0.3) is 15.9 Å². The molecule has 1 amide bonds. The van der Waals surface area contributed by atoms with E-state index in [1.807, 2.05) is 38.1 Å². The molecule has 0 N–H and O–H groups in total. The standard InChI is InChI=1S/C24H20ClN3O3S/c1-14-10-16-6-3-4-9-20(16)27(14)21(29)13-26-23-19(11-15(2)32-23)22(30)28(24(26)31)18-8-5-7-17(25)12-18/h3-9,11-12,14H,10,13H2,1-2H3. The Hall–Kier alpha value is -3.16. The number of halogens is 1. The lowest BCUT2D eigenvalue weighted by atomic mass is 10.1. The van der Waals surface area contributed by atoms with Crippen molar-refractivity contribution in [2.45, 2.75) is 32.9 Å². The van der Waals surface area contributed by atoms with Crippen LogP contribution in [-0.4, -0.2) is 21.1 Å². The van der Waals surface area contributed by atoms with E-state index in [9.17, 15) is 14.4 Å². The van der Waals surface area contributed by atoms with Gasteiger partial charge in [0.15, 0.2) is 0 Å². The maximum Gasteiger partial charge on any atom is 0.337 e. The highest BCUT2D eigenvalue weighted by Gasteiger charge is 2.31. The Balaban J connectivity index is 1.67. The van der Waals surface area contributed by atoms with Gasteiger partial charge in [0.25, 0.3) is 5.56 Å². The van der Waals surface area contributed by atoms with Gasteiger partial charge in [0, 0.05) is 21.6 Å². The van der Waals surface area contributed by atoms with E-state index in [1.54, 1.807) is 35.2 Å². The molecule has 0 saturated carbocycles. The van der Waals surface area contributed by atoms with E-state index >= 15 is 0 Å². The van der Waals surface area contributed by atoms with Crippen molar-refractivity contribution in [2.75, 3.05) is 4.90 Å². The summed E-state index contributed by atoms with van der Waals surface area (Å²) < 4.78 is 2.50. The lowest BCUT2D eigenvalue weighted by Gasteiger charge is -2.23. The van der Waals surface area contributed by atoms with Crippen LogP contribution in [-0.2, 0) is 17.8 Å². The number of thiophene rings is 1. The van der Waals surface area contributed by atoms with Gasteiger partial charge in [-0.1, -0.05) is 35.9 Å². The number of rotatable bonds is 3. The first-order valence-electron chi connectivity index (χ1n) is 10.3. The molecule has 0 saturated heterocycles. The smallest absolute Gasteiger partial charge is 0.307 e. The largest absolute Gasteiger partial charge is 0.337 e. The van der Waals surface area contributed by atoms with Gasteiger partial charge >= 0.3 is 5.69 Å². The minimum Gasteiger partial charge on any atom is -0.307 e. The lowest BCUT2D eigenvalue weighted by molar-refractivity contribution is -0.119. The number of aryl methyl sites for hydroxylation is 1. The summed E-state index contributed by atoms with van der Waals surface area (Å²) in [6, 6.07) is 16.2. The predicted octanol–water partition coefficient (Wildman–Crippen LogP) is 4.15. The van der Waals surface area contributed by atoms with Crippen molar-refractivity contribution in [3.8, 4) is 5.69 Å². The molecule has 0 fully saturated rings. The summed E-state index contributed by atoms with van der Waals surface area (Å²) in [5, 5.41) is 0.829. The third-order valence-electron chi connectivity index (χ3n) is 5.77. The van der Waals surface area contributed by atoms with Crippen molar-refractivity contribution in [3.63, 3.8) is 0 Å². The summed E-state index contributed by atoms with van der Waals surface area (Å²) in [7, 11) is 0. The molecule has 1 aliphatic rings. The number of carbonyl (C=O) groups is 1. The molecule has 1 unspecified atom stereocenters. The SMILES string of the molecule is Cc1cc2c(=O)n(-c3cccc(Cl)c3)c(=O)n(CC(=O)N3c4ccccc4CC3C)c2s1. The number of aromatic nitrogens is 2. The van der Waals surface area contributed by atoms with Crippen molar-refractivity contribution in [1.82, 2.24) is 9.13 Å². The molecule has 0 bridgehead atoms. The molecular formula is C24H20ClN3O3S. The van der Waals surface area contributed by atoms with Crippen molar-refractivity contribution in [2.24, 2.45) is 0 Å². The van der Waals surface area contributed by atoms with Crippen molar-refractivity contribution in [3.05, 3.63) is 90.9 Å². The van der Waals surface area contributed by atoms with Crippen LogP contribution < -0.4 is 16.1 Å². The number of fused-ring (bicyclic) bond motifs is 2. The lowest BCUT2D eigenvalue weighted by Crippen LogP contribution is -2.44. The van der Waals surface area contributed by atoms with Crippen LogP contribution in [0.2, 0.25) is 5.02 Å². The topological polar surface area (TPSA) is 64.3 Å². The van der Waals surface area contributed by atoms with Crippen molar-refractivity contribution in [1.29, 1.82) is 0 Å². The second-order valence-corrected chi connectivity index (χ2v) is 9.68. The molecule has 3 heterocycles. The van der Waals surface area contributed by atoms with Gasteiger partial charge < -0.3 is 4.90 Å². The number of benzene rings is 2. The molecule has 0 aliphatic carbocycles. The third-order valence-corrected chi connectivity index (χ3v) is 7.08. The van der Waals surface area contributed by atoms with E-state index < -0.39 is 11.2 Å². The van der Waals surface area contributed by atoms with E-state index in [0.717, 1.165) is 27.1 Å². The van der Waals surface area contributed by atoms with Gasteiger partial charge in [-0.15, -0.1) is 11.3 Å². The summed E-state index contributed by atoms with van der Waals surface area (Å²) in [5.41, 5.74) is 1.39. The highest BCUT2D eigenvalue weighted by atomic mass is 35.5. The van der Waals surface area contributed by atoms with Crippen molar-refractivity contribution < 1.29 is 4.79 Å². The maximum atomic E-state index is 13.5. The second-order valence-electron chi connectivity index (χ2n) is 8.01. The van der Waals surface area contributed by atoms with Gasteiger partial charge in [-0.3, -0.25) is 14.2 Å². The summed E-state index contributed by atoms with van der Waals surface area (Å²) in [5.74, 6) is -0.187. The zero-order valence-corrected chi connectivity index (χ0v) is 19.1. The Morgan fingerprint density at radius 1 is 1.12 bits per heavy atom. The number of nitrogens with zero attached hydrogens (tertiary/aromatic N) is 3. The number of carbonyl (C=O) groups excluding carboxylic acids is 1. The number of hydrogen-bond donors (Lipinski definition) is 0. The van der Waals surface area contributed by atoms with Crippen LogP contribution in [0.3, 0.4) is 0 Å². The average molecular weight is 466 g/mol. The van der Waals surface area contributed by atoms with E-state index in [1.165, 1.54) is 15.9 Å². The number of anilines is 1. The Morgan fingerprint density at radius 2 is 1.91 bits per heavy atom. The summed E-state index contributed by atoms with van der Waals surface area (Å²) in [6.07, 6.45) is 0.770. The quantitative estimate of drug-likeness (QED) is 0.456. The molecule has 5 rings (SSSR count). The monoisotopic (exact) mass is 465 g/mol. The molecular weight excluding hydrogens is 446 g/mol. The maximum absolute atomic E-state index is 13.5. The van der Waals surface area contributed by atoms with Crippen LogP contribution in [0.5, 0.6) is 0 Å². The molecule has 4 aromatic rings. The fourth-order valence-corrected chi connectivity index (χ4v) is 5.59. The minimum atomic E-state index is -0.555. The highest BCUT2D eigenvalue weighted by Crippen LogP contribution is 2.32. The Labute approximate surface area is 192 Å². The summed E-state index contributed by atoms with van der Waals surface area (Å²) in [6.45, 7) is 3.72. The molecule has 2 aromatic carbocycles. The van der Waals surface area contributed by atoms with Crippen molar-refractivity contribution >= 4 is 44.7 Å². The van der Waals surface area contributed by atoms with E-state index in [2.05, 4.69) is 0 Å². The van der Waals surface area contributed by atoms with E-state index in [-0.39, 0.29) is 18.5 Å². The Morgan fingerprint density at radius 3 is 2.69 bits per heavy atom. The molecule has 0 spiro atoms. The minimum absolute atomic E-state index is 0.00463. The molecule has 32 heavy (non-hydrogen) atoms. The predicted molar refractivity (Wildman–Crippen MR) is 129 cm³/mol. The normalized spacial score (nSPS) is 15.3. The number of hydrogen-bond acceptors (Lipinski definition) is 4. The van der Waals surface area contributed by atoms with Crippen LogP contribution in [0.15, 0.2) is 64.2 Å². The van der Waals surface area contributed by atoms with E-state index in [4.69, 9.17) is 11.6 Å². The highest BCUT2D eigenvalue weighted by molar-refractivity contribution is 7.18. The summed E-state index contributed by atoms with van der Waals surface area (Å²) >= 11 is 7.45. The first-order chi connectivity index (χ1) is 15.3. The third kappa shape index (κ3) is 3.29. The fraction of sp³-hybridized carbons (Fsp3) is 0.208. The van der Waals surface area contributed by atoms with Gasteiger partial charge in [0.05, 0.1) is 11.1 Å². The second kappa shape index (κ2) is 7.76. The molecule has 0 radical (unpaired) electrons. The molecule has 6 nitrogen and oxygen atoms in total. The van der Waals surface area contributed by atoms with Crippen LogP contribution in [0.1, 0.15) is 17.4 Å². The van der Waals surface area contributed by atoms with Gasteiger partial charge in [0.1, 0.15) is 11.4 Å².